The van der Waals surface area contributed by atoms with Crippen LogP contribution in [0.25, 0.3) is 10.8 Å². The van der Waals surface area contributed by atoms with E-state index in [1.54, 1.807) is 19.4 Å². The van der Waals surface area contributed by atoms with Gasteiger partial charge in [0, 0.05) is 5.56 Å². The highest BCUT2D eigenvalue weighted by Gasteiger charge is 2.12. The van der Waals surface area contributed by atoms with Crippen molar-refractivity contribution >= 4 is 38.8 Å². The van der Waals surface area contributed by atoms with Crippen molar-refractivity contribution in [3.05, 3.63) is 106 Å². The smallest absolute Gasteiger partial charge is 0.271 e. The van der Waals surface area contributed by atoms with Crippen LogP contribution in [0.15, 0.2) is 88.4 Å². The van der Waals surface area contributed by atoms with Crippen LogP contribution in [0.1, 0.15) is 27.0 Å². The van der Waals surface area contributed by atoms with Gasteiger partial charge < -0.3 is 9.47 Å². The van der Waals surface area contributed by atoms with E-state index in [4.69, 9.17) is 9.47 Å². The number of methoxy groups -OCH3 is 1. The van der Waals surface area contributed by atoms with Crippen molar-refractivity contribution < 1.29 is 14.3 Å². The number of nitrogens with one attached hydrogen (secondary N) is 1. The van der Waals surface area contributed by atoms with Gasteiger partial charge in [-0.2, -0.15) is 5.10 Å². The average Bonchev–Trinajstić information content (AvgIpc) is 2.83. The topological polar surface area (TPSA) is 59.9 Å². The normalized spacial score (nSPS) is 11.0. The molecule has 0 aliphatic carbocycles. The van der Waals surface area contributed by atoms with E-state index < -0.39 is 0 Å². The number of ether oxygens (including phenoxy) is 2. The minimum absolute atomic E-state index is 0.271. The molecule has 0 bridgehead atoms. The monoisotopic (exact) mass is 502 g/mol. The Morgan fingerprint density at radius 1 is 1.03 bits per heavy atom. The Kier molecular flexibility index (Phi) is 7.05. The maximum Gasteiger partial charge on any atom is 0.271 e. The van der Waals surface area contributed by atoms with Gasteiger partial charge >= 0.3 is 0 Å². The van der Waals surface area contributed by atoms with E-state index in [-0.39, 0.29) is 5.91 Å². The SMILES string of the molecule is COc1cc(/C=N\NC(=O)c2cccc3ccccc23)cc(Br)c1OCc1ccc(C)cc1. The maximum atomic E-state index is 12.7. The van der Waals surface area contributed by atoms with Crippen molar-refractivity contribution in [2.75, 3.05) is 7.11 Å². The summed E-state index contributed by atoms with van der Waals surface area (Å²) in [7, 11) is 1.59. The third kappa shape index (κ3) is 5.41. The summed E-state index contributed by atoms with van der Waals surface area (Å²) < 4.78 is 12.2. The standard InChI is InChI=1S/C27H23BrN2O3/c1-18-10-12-19(13-11-18)17-33-26-24(28)14-20(15-25(26)32-2)16-29-30-27(31)23-9-5-7-21-6-3-4-8-22(21)23/h3-16H,17H2,1-2H3,(H,30,31)/b29-16-. The third-order valence-corrected chi connectivity index (χ3v) is 5.76. The molecule has 0 atom stereocenters. The Hall–Kier alpha value is -3.64. The van der Waals surface area contributed by atoms with E-state index in [2.05, 4.69) is 45.5 Å². The third-order valence-electron chi connectivity index (χ3n) is 5.17. The summed E-state index contributed by atoms with van der Waals surface area (Å²) in [5.41, 5.74) is 6.20. The first-order chi connectivity index (χ1) is 16.0. The lowest BCUT2D eigenvalue weighted by Gasteiger charge is -2.13. The molecule has 0 fully saturated rings. The summed E-state index contributed by atoms with van der Waals surface area (Å²) >= 11 is 3.55. The van der Waals surface area contributed by atoms with Crippen LogP contribution in [-0.2, 0) is 6.61 Å². The number of hydrogen-bond acceptors (Lipinski definition) is 4. The van der Waals surface area contributed by atoms with Crippen LogP contribution in [0, 0.1) is 6.92 Å². The number of hydrogen-bond donors (Lipinski definition) is 1. The van der Waals surface area contributed by atoms with Gasteiger partial charge in [0.1, 0.15) is 6.61 Å². The van der Waals surface area contributed by atoms with Crippen molar-refractivity contribution in [1.82, 2.24) is 5.43 Å². The van der Waals surface area contributed by atoms with Crippen LogP contribution in [0.4, 0.5) is 0 Å². The summed E-state index contributed by atoms with van der Waals surface area (Å²) in [6.07, 6.45) is 1.57. The van der Waals surface area contributed by atoms with Crippen molar-refractivity contribution in [3.63, 3.8) is 0 Å². The molecule has 0 saturated carbocycles. The largest absolute Gasteiger partial charge is 0.493 e. The molecule has 6 heteroatoms. The number of amides is 1. The van der Waals surface area contributed by atoms with Crippen molar-refractivity contribution in [2.45, 2.75) is 13.5 Å². The molecule has 33 heavy (non-hydrogen) atoms. The number of carbonyl (C=O) groups is 1. The highest BCUT2D eigenvalue weighted by molar-refractivity contribution is 9.10. The van der Waals surface area contributed by atoms with Gasteiger partial charge in [-0.05, 0) is 63.0 Å². The molecular formula is C27H23BrN2O3. The first-order valence-corrected chi connectivity index (χ1v) is 11.2. The molecule has 4 aromatic carbocycles. The van der Waals surface area contributed by atoms with Crippen LogP contribution < -0.4 is 14.9 Å². The minimum atomic E-state index is -0.271. The Bertz CT molecular complexity index is 1310. The number of benzene rings is 4. The number of rotatable bonds is 7. The van der Waals surface area contributed by atoms with E-state index in [9.17, 15) is 4.79 Å². The number of halogens is 1. The highest BCUT2D eigenvalue weighted by Crippen LogP contribution is 2.36. The number of fused-ring (bicyclic) bond motifs is 1. The molecule has 0 aliphatic rings. The summed E-state index contributed by atoms with van der Waals surface area (Å²) in [6.45, 7) is 2.47. The van der Waals surface area contributed by atoms with Crippen molar-refractivity contribution in [3.8, 4) is 11.5 Å². The first kappa shape index (κ1) is 22.6. The zero-order chi connectivity index (χ0) is 23.2. The fourth-order valence-corrected chi connectivity index (χ4v) is 4.02. The number of hydrazone groups is 1. The fraction of sp³-hybridized carbons (Fsp3) is 0.111. The molecule has 0 heterocycles. The van der Waals surface area contributed by atoms with Crippen LogP contribution in [-0.4, -0.2) is 19.2 Å². The van der Waals surface area contributed by atoms with Gasteiger partial charge in [-0.3, -0.25) is 4.79 Å². The Balaban J connectivity index is 1.47. The Morgan fingerprint density at radius 3 is 2.58 bits per heavy atom. The molecule has 1 N–H and O–H groups in total. The second-order valence-corrected chi connectivity index (χ2v) is 8.39. The lowest BCUT2D eigenvalue weighted by Crippen LogP contribution is -2.17. The van der Waals surface area contributed by atoms with Gasteiger partial charge in [-0.25, -0.2) is 5.43 Å². The highest BCUT2D eigenvalue weighted by atomic mass is 79.9. The predicted molar refractivity (Wildman–Crippen MR) is 135 cm³/mol. The van der Waals surface area contributed by atoms with E-state index in [1.807, 2.05) is 60.7 Å². The van der Waals surface area contributed by atoms with Crippen molar-refractivity contribution in [1.29, 1.82) is 0 Å². The first-order valence-electron chi connectivity index (χ1n) is 10.4. The van der Waals surface area contributed by atoms with Crippen LogP contribution in [0.5, 0.6) is 11.5 Å². The van der Waals surface area contributed by atoms with Crippen LogP contribution in [0.2, 0.25) is 0 Å². The molecule has 166 valence electrons. The van der Waals surface area contributed by atoms with Crippen LogP contribution in [0.3, 0.4) is 0 Å². The lowest BCUT2D eigenvalue weighted by atomic mass is 10.0. The molecule has 4 aromatic rings. The van der Waals surface area contributed by atoms with E-state index in [0.29, 0.717) is 23.7 Å². The molecule has 5 nitrogen and oxygen atoms in total. The molecular weight excluding hydrogens is 480 g/mol. The van der Waals surface area contributed by atoms with Gasteiger partial charge in [0.15, 0.2) is 11.5 Å². The zero-order valence-corrected chi connectivity index (χ0v) is 19.9. The Labute approximate surface area is 201 Å². The average molecular weight is 503 g/mol. The predicted octanol–water partition coefficient (Wildman–Crippen LogP) is 6.26. The minimum Gasteiger partial charge on any atom is -0.493 e. The fourth-order valence-electron chi connectivity index (χ4n) is 3.44. The zero-order valence-electron chi connectivity index (χ0n) is 18.3. The second-order valence-electron chi connectivity index (χ2n) is 7.53. The second kappa shape index (κ2) is 10.3. The number of carbonyl (C=O) groups excluding carboxylic acids is 1. The van der Waals surface area contributed by atoms with Crippen molar-refractivity contribution in [2.24, 2.45) is 5.10 Å². The summed E-state index contributed by atoms with van der Waals surface area (Å²) in [5.74, 6) is 0.903. The maximum absolute atomic E-state index is 12.7. The molecule has 0 aromatic heterocycles. The molecule has 4 rings (SSSR count). The van der Waals surface area contributed by atoms with Gasteiger partial charge in [0.2, 0.25) is 0 Å². The van der Waals surface area contributed by atoms with E-state index >= 15 is 0 Å². The van der Waals surface area contributed by atoms with Crippen LogP contribution >= 0.6 is 15.9 Å². The van der Waals surface area contributed by atoms with Gasteiger partial charge in [-0.15, -0.1) is 0 Å². The number of aryl methyl sites for hydroxylation is 1. The molecule has 0 saturated heterocycles. The molecule has 0 aliphatic heterocycles. The summed E-state index contributed by atoms with van der Waals surface area (Å²) in [6, 6.07) is 25.2. The summed E-state index contributed by atoms with van der Waals surface area (Å²) in [4.78, 5) is 12.7. The lowest BCUT2D eigenvalue weighted by molar-refractivity contribution is 0.0957. The summed E-state index contributed by atoms with van der Waals surface area (Å²) in [5, 5.41) is 6.02. The van der Waals surface area contributed by atoms with E-state index in [1.165, 1.54) is 5.56 Å². The van der Waals surface area contributed by atoms with Gasteiger partial charge in [0.25, 0.3) is 5.91 Å². The van der Waals surface area contributed by atoms with Gasteiger partial charge in [0.05, 0.1) is 17.8 Å². The molecule has 1 amide bonds. The number of nitrogens with zero attached hydrogens (tertiary/aromatic N) is 1. The molecule has 0 unspecified atom stereocenters. The quantitative estimate of drug-likeness (QED) is 0.239. The van der Waals surface area contributed by atoms with Gasteiger partial charge in [-0.1, -0.05) is 66.2 Å². The molecule has 0 radical (unpaired) electrons. The molecule has 0 spiro atoms. The van der Waals surface area contributed by atoms with E-state index in [0.717, 1.165) is 26.4 Å². The Morgan fingerprint density at radius 2 is 1.79 bits per heavy atom.